The molecule has 0 radical (unpaired) electrons. The Morgan fingerprint density at radius 2 is 1.11 bits per heavy atom. The largest absolute Gasteiger partial charge is 0.358 e. The number of nitrogens with one attached hydrogen (secondary N) is 2. The predicted molar refractivity (Wildman–Crippen MR) is 147 cm³/mol. The Labute approximate surface area is 226 Å². The highest BCUT2D eigenvalue weighted by Gasteiger charge is 2.17. The number of aromatic nitrogens is 6. The average Bonchev–Trinajstić information content (AvgIpc) is 3.58. The normalized spacial score (nSPS) is 14.6. The van der Waals surface area contributed by atoms with Crippen molar-refractivity contribution in [2.24, 2.45) is 21.1 Å². The van der Waals surface area contributed by atoms with Crippen molar-refractivity contribution in [2.75, 3.05) is 36.0 Å². The quantitative estimate of drug-likeness (QED) is 0.422. The molecule has 5 heterocycles. The van der Waals surface area contributed by atoms with Crippen LogP contribution in [0.3, 0.4) is 0 Å². The van der Waals surface area contributed by atoms with E-state index in [9.17, 15) is 24.0 Å². The van der Waals surface area contributed by atoms with Crippen LogP contribution in [0.15, 0.2) is 42.2 Å². The number of nitrogens with zero attached hydrogens (tertiary/aromatic N) is 6. The molecule has 2 aliphatic heterocycles. The van der Waals surface area contributed by atoms with Gasteiger partial charge < -0.3 is 9.80 Å². The van der Waals surface area contributed by atoms with Gasteiger partial charge in [-0.3, -0.25) is 33.3 Å². The zero-order chi connectivity index (χ0) is 28.0. The van der Waals surface area contributed by atoms with Crippen molar-refractivity contribution in [3.8, 4) is 0 Å². The minimum absolute atomic E-state index is 0.133. The van der Waals surface area contributed by atoms with Gasteiger partial charge in [-0.25, -0.2) is 14.4 Å². The fraction of sp³-hybridized carbons (Fsp3) is 0.478. The lowest BCUT2D eigenvalue weighted by atomic mass is 10.4. The van der Waals surface area contributed by atoms with E-state index in [4.69, 9.17) is 23.2 Å². The molecule has 0 atom stereocenters. The van der Waals surface area contributed by atoms with E-state index in [0.717, 1.165) is 61.3 Å². The van der Waals surface area contributed by atoms with Crippen LogP contribution in [-0.2, 0) is 21.1 Å². The average molecular weight is 569 g/mol. The van der Waals surface area contributed by atoms with Gasteiger partial charge in [-0.2, -0.15) is 4.98 Å². The van der Waals surface area contributed by atoms with E-state index in [-0.39, 0.29) is 27.2 Å². The molecule has 0 saturated carbocycles. The molecule has 2 fully saturated rings. The summed E-state index contributed by atoms with van der Waals surface area (Å²) < 4.78 is 4.16. The first-order chi connectivity index (χ1) is 18.0. The van der Waals surface area contributed by atoms with Crippen LogP contribution in [0.25, 0.3) is 0 Å². The van der Waals surface area contributed by atoms with Gasteiger partial charge in [-0.05, 0) is 25.7 Å². The molecule has 206 valence electrons. The second-order valence-electron chi connectivity index (χ2n) is 8.84. The molecule has 13 nitrogen and oxygen atoms in total. The summed E-state index contributed by atoms with van der Waals surface area (Å²) in [7, 11) is 4.87. The maximum absolute atomic E-state index is 11.4. The monoisotopic (exact) mass is 568 g/mol. The highest BCUT2D eigenvalue weighted by atomic mass is 35.5. The maximum atomic E-state index is 11.4. The Morgan fingerprint density at radius 1 is 0.658 bits per heavy atom. The Morgan fingerprint density at radius 3 is 1.61 bits per heavy atom. The third-order valence-electron chi connectivity index (χ3n) is 6.19. The van der Waals surface area contributed by atoms with Crippen molar-refractivity contribution >= 4 is 34.8 Å². The molecular weight excluding hydrogens is 539 g/mol. The van der Waals surface area contributed by atoms with Crippen molar-refractivity contribution in [3.63, 3.8) is 0 Å². The SMILES string of the molecule is Cn1c(Cl)cc(=O)[nH]c1=O.Cn1c(N2CCCC2)cc(=O)[nH]c1=O.Cn1c(N2CCCC2)cc(Cl)nc1=O. The zero-order valence-corrected chi connectivity index (χ0v) is 22.9. The first-order valence-corrected chi connectivity index (χ1v) is 12.7. The summed E-state index contributed by atoms with van der Waals surface area (Å²) in [5.41, 5.74) is -1.94. The van der Waals surface area contributed by atoms with Gasteiger partial charge in [-0.1, -0.05) is 23.2 Å². The Bertz CT molecular complexity index is 1560. The third kappa shape index (κ3) is 7.25. The highest BCUT2D eigenvalue weighted by Crippen LogP contribution is 2.20. The van der Waals surface area contributed by atoms with Crippen molar-refractivity contribution in [1.82, 2.24) is 28.7 Å². The molecule has 3 aromatic heterocycles. The van der Waals surface area contributed by atoms with Crippen molar-refractivity contribution in [2.45, 2.75) is 25.7 Å². The van der Waals surface area contributed by atoms with E-state index in [2.05, 4.69) is 19.8 Å². The van der Waals surface area contributed by atoms with Crippen LogP contribution < -0.4 is 38.0 Å². The minimum atomic E-state index is -0.502. The predicted octanol–water partition coefficient (Wildman–Crippen LogP) is 0.435. The fourth-order valence-electron chi connectivity index (χ4n) is 4.07. The molecule has 0 bridgehead atoms. The minimum Gasteiger partial charge on any atom is -0.358 e. The van der Waals surface area contributed by atoms with Gasteiger partial charge in [0.2, 0.25) is 0 Å². The third-order valence-corrected chi connectivity index (χ3v) is 6.74. The van der Waals surface area contributed by atoms with Gasteiger partial charge >= 0.3 is 17.1 Å². The topological polar surface area (TPSA) is 151 Å². The van der Waals surface area contributed by atoms with Crippen LogP contribution in [0.2, 0.25) is 10.3 Å². The molecule has 0 spiro atoms. The number of halogens is 2. The lowest BCUT2D eigenvalue weighted by Gasteiger charge is -2.19. The van der Waals surface area contributed by atoms with Crippen LogP contribution in [0.4, 0.5) is 11.6 Å². The number of hydrogen-bond acceptors (Lipinski definition) is 8. The van der Waals surface area contributed by atoms with Crippen LogP contribution in [0, 0.1) is 0 Å². The van der Waals surface area contributed by atoms with Gasteiger partial charge in [0.25, 0.3) is 11.1 Å². The Kier molecular flexibility index (Phi) is 9.75. The summed E-state index contributed by atoms with van der Waals surface area (Å²) in [5, 5.41) is 0.406. The van der Waals surface area contributed by atoms with Crippen LogP contribution >= 0.6 is 23.2 Å². The molecule has 15 heteroatoms. The summed E-state index contributed by atoms with van der Waals surface area (Å²) in [5.74, 6) is 1.59. The zero-order valence-electron chi connectivity index (χ0n) is 21.4. The van der Waals surface area contributed by atoms with Crippen molar-refractivity contribution in [1.29, 1.82) is 0 Å². The van der Waals surface area contributed by atoms with E-state index in [1.807, 2.05) is 4.98 Å². The van der Waals surface area contributed by atoms with Gasteiger partial charge in [0.15, 0.2) is 0 Å². The van der Waals surface area contributed by atoms with E-state index >= 15 is 0 Å². The van der Waals surface area contributed by atoms with E-state index < -0.39 is 11.2 Å². The summed E-state index contributed by atoms with van der Waals surface area (Å²) in [4.78, 5) is 67.1. The smallest absolute Gasteiger partial charge is 0.350 e. The van der Waals surface area contributed by atoms with E-state index in [0.29, 0.717) is 0 Å². The molecule has 2 aliphatic rings. The molecule has 2 N–H and O–H groups in total. The summed E-state index contributed by atoms with van der Waals surface area (Å²) in [6, 6.07) is 4.37. The van der Waals surface area contributed by atoms with Crippen LogP contribution in [-0.4, -0.2) is 54.8 Å². The number of anilines is 2. The highest BCUT2D eigenvalue weighted by molar-refractivity contribution is 6.29. The molecule has 38 heavy (non-hydrogen) atoms. The second-order valence-corrected chi connectivity index (χ2v) is 9.62. The fourth-order valence-corrected chi connectivity index (χ4v) is 4.42. The van der Waals surface area contributed by atoms with Crippen LogP contribution in [0.1, 0.15) is 25.7 Å². The first-order valence-electron chi connectivity index (χ1n) is 12.0. The van der Waals surface area contributed by atoms with Crippen molar-refractivity contribution in [3.05, 3.63) is 80.7 Å². The number of hydrogen-bond donors (Lipinski definition) is 2. The molecule has 0 unspecified atom stereocenters. The standard InChI is InChI=1S/C9H12ClN3O.C9H13N3O2.C5H5ClN2O2/c1-12-8(13-4-2-3-5-13)6-7(10)11-9(12)14;1-11-8(12-4-2-3-5-12)6-7(13)10-9(11)14;1-8-3(6)2-4(9)7-5(8)10/h6H,2-5H2,1H3;6H,2-5H2,1H3,(H,10,13,14);2H,1H3,(H,7,9,10). The van der Waals surface area contributed by atoms with Gasteiger partial charge in [0, 0.05) is 65.5 Å². The lowest BCUT2D eigenvalue weighted by Crippen LogP contribution is -2.33. The lowest BCUT2D eigenvalue weighted by molar-refractivity contribution is 0.760. The first kappa shape index (κ1) is 29.0. The molecule has 5 rings (SSSR count). The molecule has 0 amide bonds. The molecule has 0 aliphatic carbocycles. The number of H-pyrrole nitrogens is 2. The van der Waals surface area contributed by atoms with Crippen LogP contribution in [0.5, 0.6) is 0 Å². The van der Waals surface area contributed by atoms with E-state index in [1.165, 1.54) is 35.1 Å². The van der Waals surface area contributed by atoms with Gasteiger partial charge in [-0.15, -0.1) is 0 Å². The summed E-state index contributed by atoms with van der Waals surface area (Å²) >= 11 is 11.2. The van der Waals surface area contributed by atoms with Gasteiger partial charge in [0.05, 0.1) is 0 Å². The van der Waals surface area contributed by atoms with Crippen molar-refractivity contribution < 1.29 is 0 Å². The Balaban J connectivity index is 0.000000161. The maximum Gasteiger partial charge on any atom is 0.350 e. The van der Waals surface area contributed by atoms with E-state index in [1.54, 1.807) is 20.2 Å². The molecule has 0 aromatic carbocycles. The number of aromatic amines is 2. The summed E-state index contributed by atoms with van der Waals surface area (Å²) in [6.07, 6.45) is 4.60. The summed E-state index contributed by atoms with van der Waals surface area (Å²) in [6.45, 7) is 3.84. The Hall–Kier alpha value is -3.58. The second kappa shape index (κ2) is 12.8. The number of rotatable bonds is 2. The van der Waals surface area contributed by atoms with Gasteiger partial charge in [0.1, 0.15) is 21.9 Å². The molecule has 2 saturated heterocycles. The molecular formula is C23H30Cl2N8O5. The molecule has 3 aromatic rings.